The lowest BCUT2D eigenvalue weighted by Crippen LogP contribution is -2.44. The zero-order chi connectivity index (χ0) is 31.7. The van der Waals surface area contributed by atoms with Crippen LogP contribution in [0.25, 0.3) is 11.0 Å². The predicted octanol–water partition coefficient (Wildman–Crippen LogP) is 2.74. The summed E-state index contributed by atoms with van der Waals surface area (Å²) in [6.07, 6.45) is 4.29. The number of imidazole rings is 1. The third-order valence-corrected chi connectivity index (χ3v) is 6.44. The van der Waals surface area contributed by atoms with Gasteiger partial charge in [-0.2, -0.15) is 0 Å². The van der Waals surface area contributed by atoms with Crippen molar-refractivity contribution in [1.82, 2.24) is 29.7 Å². The lowest BCUT2D eigenvalue weighted by atomic mass is 10.1. The number of rotatable bonds is 13. The highest BCUT2D eigenvalue weighted by molar-refractivity contribution is 5.96. The number of alkyl carbamates (subject to hydrolysis) is 1. The fourth-order valence-corrected chi connectivity index (χ4v) is 4.28. The van der Waals surface area contributed by atoms with E-state index in [0.29, 0.717) is 29.1 Å². The van der Waals surface area contributed by atoms with Crippen molar-refractivity contribution < 1.29 is 28.2 Å². The normalized spacial score (nSPS) is 12.1. The molecule has 0 radical (unpaired) electrons. The third-order valence-electron chi connectivity index (χ3n) is 6.44. The fraction of sp³-hybridized carbons (Fsp3) is 0.448. The van der Waals surface area contributed by atoms with Crippen molar-refractivity contribution in [2.45, 2.75) is 52.3 Å². The number of aromatic nitrogens is 4. The minimum absolute atomic E-state index is 0.0516. The molecule has 0 saturated heterocycles. The van der Waals surface area contributed by atoms with E-state index in [0.717, 1.165) is 6.20 Å². The number of halogens is 1. The Balaban J connectivity index is 1.90. The second-order valence-electron chi connectivity index (χ2n) is 10.5. The number of hydrogen-bond donors (Lipinski definition) is 3. The second-order valence-corrected chi connectivity index (χ2v) is 10.5. The van der Waals surface area contributed by atoms with E-state index in [9.17, 15) is 23.6 Å². The number of amides is 3. The minimum atomic E-state index is -1.07. The maximum absolute atomic E-state index is 14.6. The summed E-state index contributed by atoms with van der Waals surface area (Å²) in [5.41, 5.74) is 1.15. The zero-order valence-electron chi connectivity index (χ0n) is 25.2. The molecular formula is C29H38FN7O6. The number of ether oxygens (including phenoxy) is 2. The largest absolute Gasteiger partial charge is 0.453 e. The highest BCUT2D eigenvalue weighted by Crippen LogP contribution is 2.21. The molecule has 1 unspecified atom stereocenters. The predicted molar refractivity (Wildman–Crippen MR) is 158 cm³/mol. The summed E-state index contributed by atoms with van der Waals surface area (Å²) in [5, 5.41) is 5.04. The quantitative estimate of drug-likeness (QED) is 0.253. The van der Waals surface area contributed by atoms with E-state index in [1.165, 1.54) is 35.8 Å². The van der Waals surface area contributed by atoms with Crippen molar-refractivity contribution in [2.75, 3.05) is 33.6 Å². The Morgan fingerprint density at radius 2 is 1.95 bits per heavy atom. The molecule has 3 N–H and O–H groups in total. The Morgan fingerprint density at radius 3 is 2.60 bits per heavy atom. The third kappa shape index (κ3) is 8.70. The number of carbonyl (C=O) groups excluding carboxylic acids is 3. The van der Waals surface area contributed by atoms with Gasteiger partial charge >= 0.3 is 6.09 Å². The number of H-pyrrole nitrogens is 1. The van der Waals surface area contributed by atoms with Gasteiger partial charge in [0.1, 0.15) is 23.1 Å². The van der Waals surface area contributed by atoms with Gasteiger partial charge in [-0.3, -0.25) is 19.4 Å². The number of hydrogen-bond acceptors (Lipinski definition) is 8. The van der Waals surface area contributed by atoms with Crippen LogP contribution in [0.15, 0.2) is 35.3 Å². The van der Waals surface area contributed by atoms with Crippen LogP contribution in [0.5, 0.6) is 0 Å². The van der Waals surface area contributed by atoms with Gasteiger partial charge in [-0.05, 0) is 43.4 Å². The van der Waals surface area contributed by atoms with Crippen molar-refractivity contribution >= 4 is 34.6 Å². The lowest BCUT2D eigenvalue weighted by Gasteiger charge is -2.18. The first kappa shape index (κ1) is 32.9. The first-order chi connectivity index (χ1) is 20.4. The van der Waals surface area contributed by atoms with Crippen molar-refractivity contribution in [3.63, 3.8) is 0 Å². The van der Waals surface area contributed by atoms with Gasteiger partial charge in [0, 0.05) is 26.9 Å². The molecule has 232 valence electrons. The van der Waals surface area contributed by atoms with Crippen molar-refractivity contribution in [1.29, 1.82) is 0 Å². The summed E-state index contributed by atoms with van der Waals surface area (Å²) < 4.78 is 25.8. The van der Waals surface area contributed by atoms with Gasteiger partial charge in [0.15, 0.2) is 5.82 Å². The maximum Gasteiger partial charge on any atom is 0.407 e. The average molecular weight is 600 g/mol. The highest BCUT2D eigenvalue weighted by atomic mass is 19.1. The highest BCUT2D eigenvalue weighted by Gasteiger charge is 2.23. The molecule has 0 spiro atoms. The Morgan fingerprint density at radius 1 is 1.21 bits per heavy atom. The number of aromatic amines is 1. The zero-order valence-corrected chi connectivity index (χ0v) is 25.2. The molecule has 3 amide bonds. The number of nitrogens with zero attached hydrogens (tertiary/aromatic N) is 4. The molecule has 13 nitrogen and oxygen atoms in total. The summed E-state index contributed by atoms with van der Waals surface area (Å²) in [6, 6.07) is 2.00. The molecule has 14 heteroatoms. The summed E-state index contributed by atoms with van der Waals surface area (Å²) in [6.45, 7) is 4.07. The molecule has 0 aliphatic carbocycles. The van der Waals surface area contributed by atoms with Crippen LogP contribution in [0.4, 0.5) is 14.9 Å². The molecular weight excluding hydrogens is 561 g/mol. The van der Waals surface area contributed by atoms with E-state index in [-0.39, 0.29) is 49.0 Å². The Hall–Kier alpha value is -4.59. The van der Waals surface area contributed by atoms with Crippen LogP contribution >= 0.6 is 0 Å². The molecule has 0 aliphatic heterocycles. The van der Waals surface area contributed by atoms with E-state index >= 15 is 0 Å². The van der Waals surface area contributed by atoms with Gasteiger partial charge in [0.25, 0.3) is 5.56 Å². The molecule has 0 fully saturated rings. The summed E-state index contributed by atoms with van der Waals surface area (Å²) in [4.78, 5) is 63.6. The van der Waals surface area contributed by atoms with E-state index in [1.807, 2.05) is 13.8 Å². The van der Waals surface area contributed by atoms with Crippen molar-refractivity contribution in [3.05, 3.63) is 63.9 Å². The smallest absolute Gasteiger partial charge is 0.407 e. The van der Waals surface area contributed by atoms with E-state index in [1.54, 1.807) is 26.2 Å². The lowest BCUT2D eigenvalue weighted by molar-refractivity contribution is -0.123. The van der Waals surface area contributed by atoms with Gasteiger partial charge in [-0.1, -0.05) is 19.9 Å². The van der Waals surface area contributed by atoms with Crippen LogP contribution in [0.1, 0.15) is 43.9 Å². The Labute approximate surface area is 248 Å². The van der Waals surface area contributed by atoms with Gasteiger partial charge < -0.3 is 34.6 Å². The van der Waals surface area contributed by atoms with Gasteiger partial charge in [0.2, 0.25) is 11.8 Å². The average Bonchev–Trinajstić information content (AvgIpc) is 3.39. The van der Waals surface area contributed by atoms with Crippen LogP contribution in [0, 0.1) is 11.7 Å². The SMILES string of the molecule is COCc1ccc(NC(=O)C(CCC=CC(=O)N(C)C)NC(=O)OC)c(=O)n1Cc1nc2c(F)cnc(CC(C)C)c2[nH]1. The van der Waals surface area contributed by atoms with E-state index in [2.05, 4.69) is 30.3 Å². The molecule has 0 aliphatic rings. The molecule has 0 aromatic carbocycles. The molecule has 3 rings (SSSR count). The number of carbonyl (C=O) groups is 3. The van der Waals surface area contributed by atoms with Crippen molar-refractivity contribution in [3.8, 4) is 0 Å². The van der Waals surface area contributed by atoms with Gasteiger partial charge in [-0.25, -0.2) is 14.2 Å². The number of fused-ring (bicyclic) bond motifs is 1. The van der Waals surface area contributed by atoms with Gasteiger partial charge in [0.05, 0.1) is 37.7 Å². The molecule has 43 heavy (non-hydrogen) atoms. The number of methoxy groups -OCH3 is 2. The molecule has 3 aromatic heterocycles. The first-order valence-corrected chi connectivity index (χ1v) is 13.7. The van der Waals surface area contributed by atoms with Crippen LogP contribution in [0.2, 0.25) is 0 Å². The number of allylic oxidation sites excluding steroid dienone is 1. The summed E-state index contributed by atoms with van der Waals surface area (Å²) in [5.74, 6) is -0.868. The van der Waals surface area contributed by atoms with Crippen LogP contribution < -0.4 is 16.2 Å². The maximum atomic E-state index is 14.6. The second kappa shape index (κ2) is 15.0. The van der Waals surface area contributed by atoms with Crippen LogP contribution in [0.3, 0.4) is 0 Å². The number of nitrogens with one attached hydrogen (secondary N) is 3. The number of pyridine rings is 2. The van der Waals surface area contributed by atoms with E-state index < -0.39 is 29.4 Å². The monoisotopic (exact) mass is 599 g/mol. The number of likely N-dealkylation sites (N-methyl/N-ethyl adjacent to an activating group) is 1. The minimum Gasteiger partial charge on any atom is -0.453 e. The Kier molecular flexibility index (Phi) is 11.5. The molecule has 1 atom stereocenters. The fourth-order valence-electron chi connectivity index (χ4n) is 4.28. The topological polar surface area (TPSA) is 161 Å². The molecule has 0 bridgehead atoms. The summed E-state index contributed by atoms with van der Waals surface area (Å²) in [7, 11) is 5.87. The van der Waals surface area contributed by atoms with Crippen molar-refractivity contribution in [2.24, 2.45) is 5.92 Å². The van der Waals surface area contributed by atoms with E-state index in [4.69, 9.17) is 4.74 Å². The number of anilines is 1. The molecule has 3 aromatic rings. The van der Waals surface area contributed by atoms with Crippen LogP contribution in [-0.4, -0.2) is 76.7 Å². The standard InChI is InChI=1S/C29H38FN7O6/c1-17(2)13-22-26-25(19(30)14-31-22)34-23(35-26)15-37-18(16-42-5)11-12-21(28(37)40)32-27(39)20(33-29(41)43-6)9-7-8-10-24(38)36(3)4/h8,10-12,14,17,20H,7,9,13,15-16H2,1-6H3,(H,32,39)(H,33,41)(H,34,35). The van der Waals surface area contributed by atoms with Crippen LogP contribution in [-0.2, 0) is 38.6 Å². The Bertz CT molecular complexity index is 1550. The molecule has 0 saturated carbocycles. The molecule has 3 heterocycles. The summed E-state index contributed by atoms with van der Waals surface area (Å²) >= 11 is 0. The van der Waals surface area contributed by atoms with Gasteiger partial charge in [-0.15, -0.1) is 0 Å². The first-order valence-electron chi connectivity index (χ1n) is 13.7.